The molecule has 0 radical (unpaired) electrons. The van der Waals surface area contributed by atoms with Gasteiger partial charge in [0.05, 0.1) is 0 Å². The van der Waals surface area contributed by atoms with Crippen molar-refractivity contribution in [2.24, 2.45) is 0 Å². The van der Waals surface area contributed by atoms with E-state index in [2.05, 4.69) is 0 Å². The van der Waals surface area contributed by atoms with E-state index in [4.69, 9.17) is 17.5 Å². The van der Waals surface area contributed by atoms with E-state index in [1.807, 2.05) is 0 Å². The second kappa shape index (κ2) is 7.38. The van der Waals surface area contributed by atoms with Crippen molar-refractivity contribution in [1.82, 2.24) is 6.15 Å². The zero-order chi connectivity index (χ0) is 4.50. The molecule has 3 N–H and O–H groups in total. The van der Waals surface area contributed by atoms with Crippen LogP contribution in [0.5, 0.6) is 0 Å². The second-order valence-corrected chi connectivity index (χ2v) is 1.22. The maximum absolute atomic E-state index is 8.52. The summed E-state index contributed by atoms with van der Waals surface area (Å²) in [5.41, 5.74) is 0. The minimum absolute atomic E-state index is 0. The molecule has 0 unspecified atom stereocenters. The fourth-order valence-electron chi connectivity index (χ4n) is 0. The van der Waals surface area contributed by atoms with Gasteiger partial charge >= 0.3 is 19.5 Å². The van der Waals surface area contributed by atoms with Crippen LogP contribution in [0.25, 0.3) is 0 Å². The van der Waals surface area contributed by atoms with E-state index in [-0.39, 0.29) is 30.3 Å². The van der Waals surface area contributed by atoms with Crippen LogP contribution < -0.4 is 6.15 Å². The zero-order valence-corrected chi connectivity index (χ0v) is 7.65. The number of rotatable bonds is 0. The minimum atomic E-state index is -5.17. The molecule has 0 aliphatic rings. The zero-order valence-electron chi connectivity index (χ0n) is 3.86. The molecule has 8 heavy (non-hydrogen) atoms. The van der Waals surface area contributed by atoms with Gasteiger partial charge < -0.3 is 15.3 Å². The summed E-state index contributed by atoms with van der Waals surface area (Å²) >= 11 is 0. The normalized spacial score (nSPS) is 7.25. The molecule has 0 rings (SSSR count). The minimum Gasteiger partial charge on any atom is -0.759 e. The first-order valence-electron chi connectivity index (χ1n) is 0.667. The van der Waals surface area contributed by atoms with E-state index in [1.165, 1.54) is 0 Å². The molecule has 0 spiro atoms. The third-order valence-corrected chi connectivity index (χ3v) is 0. The quantitative estimate of drug-likeness (QED) is 0.304. The predicted molar refractivity (Wildman–Crippen MR) is 18.0 cm³/mol. The molecule has 0 atom stereocenters. The first kappa shape index (κ1) is 23.8. The van der Waals surface area contributed by atoms with E-state index in [0.29, 0.717) is 0 Å². The van der Waals surface area contributed by atoms with E-state index in [9.17, 15) is 0 Å². The van der Waals surface area contributed by atoms with Crippen LogP contribution in [0.1, 0.15) is 0 Å². The molecule has 0 fully saturated rings. The van der Waals surface area contributed by atoms with Crippen molar-refractivity contribution >= 4 is 10.4 Å². The smallest absolute Gasteiger partial charge is 0.759 e. The molecule has 0 aromatic rings. The van der Waals surface area contributed by atoms with Gasteiger partial charge in [-0.05, 0) is 0 Å². The number of halogens is 1. The van der Waals surface area contributed by atoms with Crippen molar-refractivity contribution in [3.8, 4) is 0 Å². The van der Waals surface area contributed by atoms with Crippen LogP contribution in [0.15, 0.2) is 0 Å². The van der Waals surface area contributed by atoms with Gasteiger partial charge in [-0.2, -0.15) is 0 Å². The Hall–Kier alpha value is 0.383. The summed E-state index contributed by atoms with van der Waals surface area (Å²) < 4.78 is 34.1. The van der Waals surface area contributed by atoms with Gasteiger partial charge in [0.25, 0.3) is 0 Å². The van der Waals surface area contributed by atoms with Crippen molar-refractivity contribution in [2.45, 2.75) is 0 Å². The van der Waals surface area contributed by atoms with Gasteiger partial charge in [-0.15, -0.1) is 0 Å². The van der Waals surface area contributed by atoms with Crippen LogP contribution in [-0.4, -0.2) is 17.5 Å². The molecule has 0 saturated carbocycles. The van der Waals surface area contributed by atoms with Crippen LogP contribution in [0.4, 0.5) is 4.70 Å². The molecule has 0 amide bonds. The Labute approximate surface area is 58.8 Å². The van der Waals surface area contributed by atoms with Crippen LogP contribution in [0.3, 0.4) is 0 Å². The maximum Gasteiger partial charge on any atom is 2.00 e. The molecule has 0 heterocycles. The Bertz CT molecular complexity index is 99.2. The first-order chi connectivity index (χ1) is 2.00. The summed E-state index contributed by atoms with van der Waals surface area (Å²) in [6.45, 7) is 0. The second-order valence-electron chi connectivity index (χ2n) is 0.408. The Morgan fingerprint density at radius 3 is 1.12 bits per heavy atom. The summed E-state index contributed by atoms with van der Waals surface area (Å²) in [5, 5.41) is 0. The molecule has 48 valence electrons. The molecule has 5 nitrogen and oxygen atoms in total. The third kappa shape index (κ3) is 1260. The fourth-order valence-corrected chi connectivity index (χ4v) is 0. The van der Waals surface area contributed by atoms with Crippen molar-refractivity contribution in [2.75, 3.05) is 0 Å². The largest absolute Gasteiger partial charge is 2.00 e. The molecule has 8 heteroatoms. The molecular formula is H4FNO4SZn. The standard InChI is InChI=1S/FH.H3N.H2O4S.Zn/c;;1-5(2,3)4;/h1H;1H3;(H2,1,2,3,4);/q;;;+2/p-2. The SMILES string of the molecule is F.N.O=S(=O)([O-])[O-].[Zn+2]. The van der Waals surface area contributed by atoms with Gasteiger partial charge in [-0.3, -0.25) is 13.1 Å². The van der Waals surface area contributed by atoms with Gasteiger partial charge in [0.15, 0.2) is 0 Å². The van der Waals surface area contributed by atoms with E-state index < -0.39 is 10.4 Å². The summed E-state index contributed by atoms with van der Waals surface area (Å²) in [6.07, 6.45) is 0. The average Bonchev–Trinajstić information content (AvgIpc) is 0.722. The van der Waals surface area contributed by atoms with Crippen molar-refractivity contribution in [3.63, 3.8) is 0 Å². The Morgan fingerprint density at radius 2 is 1.12 bits per heavy atom. The summed E-state index contributed by atoms with van der Waals surface area (Å²) in [6, 6.07) is 0. The van der Waals surface area contributed by atoms with Gasteiger partial charge in [0.1, 0.15) is 0 Å². The molecule has 0 aromatic carbocycles. The molecule has 0 bridgehead atoms. The van der Waals surface area contributed by atoms with Crippen molar-refractivity contribution in [3.05, 3.63) is 0 Å². The van der Waals surface area contributed by atoms with Gasteiger partial charge in [0.2, 0.25) is 0 Å². The van der Waals surface area contributed by atoms with Crippen LogP contribution in [-0.2, 0) is 29.9 Å². The Balaban J connectivity index is -0.0000000267. The Morgan fingerprint density at radius 1 is 1.12 bits per heavy atom. The summed E-state index contributed by atoms with van der Waals surface area (Å²) in [5.74, 6) is 0. The number of hydrogen-bond acceptors (Lipinski definition) is 5. The molecule has 0 aromatic heterocycles. The van der Waals surface area contributed by atoms with Gasteiger partial charge in [-0.1, -0.05) is 0 Å². The third-order valence-electron chi connectivity index (χ3n) is 0. The average molecular weight is 198 g/mol. The van der Waals surface area contributed by atoms with Crippen molar-refractivity contribution in [1.29, 1.82) is 0 Å². The van der Waals surface area contributed by atoms with Crippen LogP contribution in [0.2, 0.25) is 0 Å². The predicted octanol–water partition coefficient (Wildman–Crippen LogP) is -1.03. The maximum atomic E-state index is 8.52. The van der Waals surface area contributed by atoms with Gasteiger partial charge in [-0.25, -0.2) is 0 Å². The van der Waals surface area contributed by atoms with E-state index in [0.717, 1.165) is 0 Å². The van der Waals surface area contributed by atoms with Crippen LogP contribution in [0, 0.1) is 0 Å². The molecule has 0 aliphatic carbocycles. The monoisotopic (exact) mass is 197 g/mol. The first-order valence-corrected chi connectivity index (χ1v) is 2.00. The molecule has 0 aliphatic heterocycles. The van der Waals surface area contributed by atoms with Gasteiger partial charge in [0, 0.05) is 10.4 Å². The topological polar surface area (TPSA) is 115 Å². The Kier molecular flexibility index (Phi) is 22.0. The van der Waals surface area contributed by atoms with Crippen molar-refractivity contribution < 1.29 is 41.7 Å². The molecule has 0 saturated heterocycles. The fraction of sp³-hybridized carbons (Fsp3) is 0. The summed E-state index contributed by atoms with van der Waals surface area (Å²) in [4.78, 5) is 0. The van der Waals surface area contributed by atoms with Crippen LogP contribution >= 0.6 is 0 Å². The summed E-state index contributed by atoms with van der Waals surface area (Å²) in [7, 11) is -5.17. The molecular weight excluding hydrogens is 194 g/mol. The van der Waals surface area contributed by atoms with E-state index in [1.54, 1.807) is 0 Å². The van der Waals surface area contributed by atoms with E-state index >= 15 is 0 Å². The number of hydrogen-bond donors (Lipinski definition) is 1.